The monoisotopic (exact) mass is 262 g/mol. The predicted molar refractivity (Wildman–Crippen MR) is 77.3 cm³/mol. The molecular weight excluding hydrogens is 244 g/mol. The van der Waals surface area contributed by atoms with Gasteiger partial charge in [0.15, 0.2) is 0 Å². The number of carbonyl (C=O) groups excluding carboxylic acids is 1. The van der Waals surface area contributed by atoms with Crippen LogP contribution in [0, 0.1) is 0 Å². The van der Waals surface area contributed by atoms with Crippen molar-refractivity contribution in [3.8, 4) is 0 Å². The Morgan fingerprint density at radius 3 is 2.83 bits per heavy atom. The lowest BCUT2D eigenvalue weighted by Gasteiger charge is -2.09. The maximum absolute atomic E-state index is 11.9. The zero-order valence-electron chi connectivity index (χ0n) is 10.8. The topological polar surface area (TPSA) is 32.3 Å². The summed E-state index contributed by atoms with van der Waals surface area (Å²) in [5, 5.41) is 4.10. The maximum atomic E-state index is 11.9. The minimum absolute atomic E-state index is 0.0370. The van der Waals surface area contributed by atoms with Crippen LogP contribution in [0.25, 0.3) is 10.1 Å². The molecule has 1 aromatic carbocycles. The van der Waals surface area contributed by atoms with Crippen molar-refractivity contribution < 1.29 is 4.79 Å². The average Bonchev–Trinajstić information content (AvgIpc) is 2.78. The van der Waals surface area contributed by atoms with E-state index >= 15 is 0 Å². The maximum Gasteiger partial charge on any atom is 0.261 e. The van der Waals surface area contributed by atoms with Crippen molar-refractivity contribution in [3.63, 3.8) is 0 Å². The van der Waals surface area contributed by atoms with Gasteiger partial charge in [0.25, 0.3) is 5.91 Å². The third-order valence-electron chi connectivity index (χ3n) is 2.72. The Hall–Kier alpha value is -1.39. The molecule has 0 atom stereocenters. The molecule has 96 valence electrons. The van der Waals surface area contributed by atoms with Crippen molar-refractivity contribution in [1.29, 1.82) is 0 Å². The fourth-order valence-electron chi connectivity index (χ4n) is 1.78. The van der Waals surface area contributed by atoms with Gasteiger partial charge in [0.05, 0.1) is 4.88 Å². The Bertz CT molecular complexity index is 500. The van der Waals surface area contributed by atoms with Gasteiger partial charge >= 0.3 is 0 Å². The van der Waals surface area contributed by atoms with E-state index in [-0.39, 0.29) is 5.91 Å². The first-order chi connectivity index (χ1) is 8.66. The van der Waals surface area contributed by atoms with E-state index in [0.29, 0.717) is 0 Å². The first-order valence-electron chi connectivity index (χ1n) is 6.08. The summed E-state index contributed by atoms with van der Waals surface area (Å²) < 4.78 is 1.16. The van der Waals surface area contributed by atoms with Gasteiger partial charge in [-0.05, 0) is 44.6 Å². The Labute approximate surface area is 111 Å². The minimum atomic E-state index is 0.0370. The summed E-state index contributed by atoms with van der Waals surface area (Å²) in [5.41, 5.74) is 0. The molecule has 0 unspecified atom stereocenters. The molecule has 18 heavy (non-hydrogen) atoms. The molecule has 3 nitrogen and oxygen atoms in total. The molecular formula is C14H18N2OS. The third-order valence-corrected chi connectivity index (χ3v) is 3.83. The second-order valence-electron chi connectivity index (χ2n) is 4.56. The van der Waals surface area contributed by atoms with Gasteiger partial charge in [-0.1, -0.05) is 18.2 Å². The van der Waals surface area contributed by atoms with Crippen molar-refractivity contribution in [2.45, 2.75) is 6.42 Å². The van der Waals surface area contributed by atoms with Crippen LogP contribution in [0.5, 0.6) is 0 Å². The summed E-state index contributed by atoms with van der Waals surface area (Å²) in [6.07, 6.45) is 0.976. The first kappa shape index (κ1) is 13.1. The van der Waals surface area contributed by atoms with Crippen molar-refractivity contribution in [3.05, 3.63) is 35.2 Å². The molecule has 1 amide bonds. The van der Waals surface area contributed by atoms with Crippen LogP contribution < -0.4 is 5.32 Å². The Balaban J connectivity index is 1.92. The van der Waals surface area contributed by atoms with Gasteiger partial charge in [-0.2, -0.15) is 0 Å². The second kappa shape index (κ2) is 5.98. The van der Waals surface area contributed by atoms with Crippen LogP contribution >= 0.6 is 11.3 Å². The van der Waals surface area contributed by atoms with E-state index in [1.807, 2.05) is 44.4 Å². The Morgan fingerprint density at radius 2 is 2.11 bits per heavy atom. The van der Waals surface area contributed by atoms with Gasteiger partial charge in [-0.3, -0.25) is 4.79 Å². The van der Waals surface area contributed by atoms with Gasteiger partial charge < -0.3 is 10.2 Å². The summed E-state index contributed by atoms with van der Waals surface area (Å²) in [6.45, 7) is 1.72. The molecule has 4 heteroatoms. The fraction of sp³-hybridized carbons (Fsp3) is 0.357. The van der Waals surface area contributed by atoms with Gasteiger partial charge in [0, 0.05) is 11.2 Å². The highest BCUT2D eigenvalue weighted by atomic mass is 32.1. The molecule has 1 aromatic heterocycles. The van der Waals surface area contributed by atoms with Crippen molar-refractivity contribution in [1.82, 2.24) is 10.2 Å². The van der Waals surface area contributed by atoms with Crippen LogP contribution in [-0.2, 0) is 0 Å². The lowest BCUT2D eigenvalue weighted by Crippen LogP contribution is -2.26. The molecule has 0 spiro atoms. The third kappa shape index (κ3) is 3.31. The molecule has 0 saturated carbocycles. The smallest absolute Gasteiger partial charge is 0.261 e. The summed E-state index contributed by atoms with van der Waals surface area (Å²) in [7, 11) is 4.07. The first-order valence-corrected chi connectivity index (χ1v) is 6.90. The molecule has 0 saturated heterocycles. The van der Waals surface area contributed by atoms with E-state index in [1.54, 1.807) is 11.3 Å². The van der Waals surface area contributed by atoms with Gasteiger partial charge in [0.2, 0.25) is 0 Å². The number of nitrogens with zero attached hydrogens (tertiary/aromatic N) is 1. The number of hydrogen-bond acceptors (Lipinski definition) is 3. The number of benzene rings is 1. The van der Waals surface area contributed by atoms with Gasteiger partial charge in [0.1, 0.15) is 0 Å². The van der Waals surface area contributed by atoms with E-state index in [1.165, 1.54) is 0 Å². The molecule has 0 aliphatic heterocycles. The van der Waals surface area contributed by atoms with Crippen LogP contribution in [0.1, 0.15) is 16.1 Å². The summed E-state index contributed by atoms with van der Waals surface area (Å²) in [6, 6.07) is 10.0. The summed E-state index contributed by atoms with van der Waals surface area (Å²) in [4.78, 5) is 14.9. The fourth-order valence-corrected chi connectivity index (χ4v) is 2.76. The van der Waals surface area contributed by atoms with E-state index in [2.05, 4.69) is 10.2 Å². The van der Waals surface area contributed by atoms with E-state index in [9.17, 15) is 4.79 Å². The zero-order valence-corrected chi connectivity index (χ0v) is 11.6. The number of amides is 1. The van der Waals surface area contributed by atoms with E-state index < -0.39 is 0 Å². The van der Waals surface area contributed by atoms with Crippen LogP contribution in [0.15, 0.2) is 30.3 Å². The van der Waals surface area contributed by atoms with Crippen LogP contribution in [0.4, 0.5) is 0 Å². The number of carbonyl (C=O) groups is 1. The van der Waals surface area contributed by atoms with Crippen LogP contribution in [0.2, 0.25) is 0 Å². The lowest BCUT2D eigenvalue weighted by molar-refractivity contribution is 0.0956. The van der Waals surface area contributed by atoms with Gasteiger partial charge in [-0.15, -0.1) is 11.3 Å². The molecule has 0 bridgehead atoms. The molecule has 0 fully saturated rings. The zero-order chi connectivity index (χ0) is 13.0. The largest absolute Gasteiger partial charge is 0.351 e. The lowest BCUT2D eigenvalue weighted by atomic mass is 10.2. The Morgan fingerprint density at radius 1 is 1.33 bits per heavy atom. The highest BCUT2D eigenvalue weighted by molar-refractivity contribution is 7.20. The summed E-state index contributed by atoms with van der Waals surface area (Å²) >= 11 is 1.55. The van der Waals surface area contributed by atoms with Crippen molar-refractivity contribution in [2.75, 3.05) is 27.2 Å². The number of fused-ring (bicyclic) bond motifs is 1. The number of nitrogens with one attached hydrogen (secondary N) is 1. The van der Waals surface area contributed by atoms with Crippen molar-refractivity contribution in [2.24, 2.45) is 0 Å². The quantitative estimate of drug-likeness (QED) is 0.840. The standard InChI is InChI=1S/C14H18N2OS/c1-16(2)9-5-8-15-14(17)13-10-11-6-3-4-7-12(11)18-13/h3-4,6-7,10H,5,8-9H2,1-2H3,(H,15,17). The highest BCUT2D eigenvalue weighted by Gasteiger charge is 2.08. The normalized spacial score (nSPS) is 11.1. The molecule has 2 rings (SSSR count). The molecule has 1 heterocycles. The van der Waals surface area contributed by atoms with Crippen molar-refractivity contribution >= 4 is 27.3 Å². The minimum Gasteiger partial charge on any atom is -0.351 e. The molecule has 0 aliphatic carbocycles. The summed E-state index contributed by atoms with van der Waals surface area (Å²) in [5.74, 6) is 0.0370. The highest BCUT2D eigenvalue weighted by Crippen LogP contribution is 2.24. The number of thiophene rings is 1. The SMILES string of the molecule is CN(C)CCCNC(=O)c1cc2ccccc2s1. The average molecular weight is 262 g/mol. The Kier molecular flexibility index (Phi) is 4.33. The van der Waals surface area contributed by atoms with E-state index in [4.69, 9.17) is 0 Å². The van der Waals surface area contributed by atoms with Crippen LogP contribution in [-0.4, -0.2) is 38.0 Å². The molecule has 1 N–H and O–H groups in total. The second-order valence-corrected chi connectivity index (χ2v) is 5.64. The molecule has 0 aliphatic rings. The van der Waals surface area contributed by atoms with Gasteiger partial charge in [-0.25, -0.2) is 0 Å². The predicted octanol–water partition coefficient (Wildman–Crippen LogP) is 2.58. The van der Waals surface area contributed by atoms with Crippen LogP contribution in [0.3, 0.4) is 0 Å². The molecule has 2 aromatic rings. The number of rotatable bonds is 5. The number of hydrogen-bond donors (Lipinski definition) is 1. The molecule has 0 radical (unpaired) electrons. The van der Waals surface area contributed by atoms with E-state index in [0.717, 1.165) is 34.5 Å².